The normalized spacial score (nSPS) is 11.4. The maximum Gasteiger partial charge on any atom is 0.160 e. The Labute approximate surface area is 439 Å². The smallest absolute Gasteiger partial charge is 0.160 e. The second-order valence-corrected chi connectivity index (χ2v) is 19.0. The van der Waals surface area contributed by atoms with Gasteiger partial charge in [-0.3, -0.25) is 9.97 Å². The molecule has 0 N–H and O–H groups in total. The summed E-state index contributed by atoms with van der Waals surface area (Å²) in [6.45, 7) is 0. The minimum Gasteiger partial charge on any atom is -0.256 e. The highest BCUT2D eigenvalue weighted by Crippen LogP contribution is 2.37. The molecule has 4 aromatic heterocycles. The van der Waals surface area contributed by atoms with Gasteiger partial charge in [0, 0.05) is 67.7 Å². The van der Waals surface area contributed by atoms with Gasteiger partial charge in [0.1, 0.15) is 0 Å². The van der Waals surface area contributed by atoms with Crippen molar-refractivity contribution in [1.82, 2.24) is 29.9 Å². The van der Waals surface area contributed by atoms with Crippen molar-refractivity contribution < 1.29 is 0 Å². The van der Waals surface area contributed by atoms with E-state index in [1.807, 2.05) is 24.5 Å². The summed E-state index contributed by atoms with van der Waals surface area (Å²) in [5, 5.41) is 6.84. The molecule has 0 saturated heterocycles. The molecular formula is C70H44N6. The van der Waals surface area contributed by atoms with Crippen LogP contribution in [-0.4, -0.2) is 29.9 Å². The standard InChI is InChI=1S/C70H44N6/c1-3-19-57-47(11-1)13-5-23-61(57)65-43-63(51-33-29-49(30-34-51)59-21-7-15-53-17-9-41-71-67(53)59)73-69(75-65)55-37-25-45(26-38-55)46-27-39-56(40-28-46)70-74-64(44-66(76-70)62-24-6-14-48-12-2-4-20-58(48)62)52-35-31-50(32-36-52)60-22-8-16-54-18-10-42-72-68(54)60/h1-44H. The molecule has 6 nitrogen and oxygen atoms in total. The van der Waals surface area contributed by atoms with Crippen LogP contribution in [0.25, 0.3) is 145 Å². The van der Waals surface area contributed by atoms with Crippen molar-refractivity contribution in [1.29, 1.82) is 0 Å². The van der Waals surface area contributed by atoms with Crippen LogP contribution in [0.2, 0.25) is 0 Å². The van der Waals surface area contributed by atoms with E-state index in [0.29, 0.717) is 11.6 Å². The van der Waals surface area contributed by atoms with Crippen molar-refractivity contribution in [2.24, 2.45) is 0 Å². The Hall–Kier alpha value is -10.3. The zero-order valence-electron chi connectivity index (χ0n) is 41.1. The minimum absolute atomic E-state index is 0.656. The first-order chi connectivity index (χ1) is 37.6. The van der Waals surface area contributed by atoms with Crippen molar-refractivity contribution in [3.63, 3.8) is 0 Å². The molecule has 10 aromatic carbocycles. The quantitative estimate of drug-likeness (QED) is 0.143. The molecule has 4 heterocycles. The number of para-hydroxylation sites is 2. The number of hydrogen-bond donors (Lipinski definition) is 0. The Kier molecular flexibility index (Phi) is 11.1. The lowest BCUT2D eigenvalue weighted by atomic mass is 9.98. The van der Waals surface area contributed by atoms with Crippen molar-refractivity contribution >= 4 is 43.4 Å². The second-order valence-electron chi connectivity index (χ2n) is 19.0. The topological polar surface area (TPSA) is 77.3 Å². The Morgan fingerprint density at radius 3 is 0.961 bits per heavy atom. The largest absolute Gasteiger partial charge is 0.256 e. The highest BCUT2D eigenvalue weighted by Gasteiger charge is 2.17. The number of rotatable bonds is 9. The summed E-state index contributed by atoms with van der Waals surface area (Å²) < 4.78 is 0. The van der Waals surface area contributed by atoms with E-state index in [-0.39, 0.29) is 0 Å². The van der Waals surface area contributed by atoms with E-state index in [4.69, 9.17) is 29.9 Å². The molecule has 354 valence electrons. The van der Waals surface area contributed by atoms with Crippen LogP contribution in [0.5, 0.6) is 0 Å². The average molecular weight is 969 g/mol. The summed E-state index contributed by atoms with van der Waals surface area (Å²) in [4.78, 5) is 30.4. The Balaban J connectivity index is 0.801. The number of benzene rings is 10. The van der Waals surface area contributed by atoms with Gasteiger partial charge < -0.3 is 0 Å². The van der Waals surface area contributed by atoms with Crippen LogP contribution >= 0.6 is 0 Å². The molecule has 0 aliphatic carbocycles. The van der Waals surface area contributed by atoms with Crippen LogP contribution < -0.4 is 0 Å². The summed E-state index contributed by atoms with van der Waals surface area (Å²) in [5.74, 6) is 1.31. The number of pyridine rings is 2. The summed E-state index contributed by atoms with van der Waals surface area (Å²) in [5.41, 5.74) is 17.9. The van der Waals surface area contributed by atoms with Crippen LogP contribution in [0.15, 0.2) is 267 Å². The van der Waals surface area contributed by atoms with Crippen LogP contribution in [0.4, 0.5) is 0 Å². The Morgan fingerprint density at radius 1 is 0.211 bits per heavy atom. The first kappa shape index (κ1) is 44.4. The van der Waals surface area contributed by atoms with Gasteiger partial charge in [-0.2, -0.15) is 0 Å². The maximum atomic E-state index is 5.26. The van der Waals surface area contributed by atoms with Gasteiger partial charge in [-0.1, -0.05) is 231 Å². The average Bonchev–Trinajstić information content (AvgIpc) is 3.51. The predicted octanol–water partition coefficient (Wildman–Crippen LogP) is 17.7. The molecule has 6 heteroatoms. The molecule has 14 aromatic rings. The fraction of sp³-hybridized carbons (Fsp3) is 0. The maximum absolute atomic E-state index is 5.26. The minimum atomic E-state index is 0.656. The lowest BCUT2D eigenvalue weighted by Gasteiger charge is -2.13. The lowest BCUT2D eigenvalue weighted by Crippen LogP contribution is -1.97. The summed E-state index contributed by atoms with van der Waals surface area (Å²) >= 11 is 0. The number of aromatic nitrogens is 6. The van der Waals surface area contributed by atoms with Crippen molar-refractivity contribution in [3.8, 4) is 101 Å². The third kappa shape index (κ3) is 8.30. The molecule has 0 aliphatic heterocycles. The van der Waals surface area contributed by atoms with Crippen molar-refractivity contribution in [3.05, 3.63) is 267 Å². The van der Waals surface area contributed by atoms with E-state index >= 15 is 0 Å². The number of nitrogens with zero attached hydrogens (tertiary/aromatic N) is 6. The molecule has 0 atom stereocenters. The van der Waals surface area contributed by atoms with Gasteiger partial charge in [0.25, 0.3) is 0 Å². The first-order valence-electron chi connectivity index (χ1n) is 25.5. The Bertz CT molecular complexity index is 4180. The summed E-state index contributed by atoms with van der Waals surface area (Å²) in [7, 11) is 0. The first-order valence-corrected chi connectivity index (χ1v) is 25.5. The van der Waals surface area contributed by atoms with Gasteiger partial charge in [0.05, 0.1) is 33.8 Å². The Morgan fingerprint density at radius 2 is 0.526 bits per heavy atom. The molecular weight excluding hydrogens is 925 g/mol. The van der Waals surface area contributed by atoms with Gasteiger partial charge in [-0.05, 0) is 68.1 Å². The predicted molar refractivity (Wildman–Crippen MR) is 312 cm³/mol. The van der Waals surface area contributed by atoms with E-state index in [0.717, 1.165) is 133 Å². The third-order valence-corrected chi connectivity index (χ3v) is 14.5. The van der Waals surface area contributed by atoms with E-state index in [1.54, 1.807) is 0 Å². The third-order valence-electron chi connectivity index (χ3n) is 14.5. The molecule has 76 heavy (non-hydrogen) atoms. The number of hydrogen-bond acceptors (Lipinski definition) is 6. The van der Waals surface area contributed by atoms with Crippen LogP contribution in [-0.2, 0) is 0 Å². The fourth-order valence-electron chi connectivity index (χ4n) is 10.6. The van der Waals surface area contributed by atoms with Gasteiger partial charge in [0.2, 0.25) is 0 Å². The summed E-state index contributed by atoms with van der Waals surface area (Å²) in [6.07, 6.45) is 3.71. The van der Waals surface area contributed by atoms with Gasteiger partial charge in [-0.15, -0.1) is 0 Å². The van der Waals surface area contributed by atoms with Crippen LogP contribution in [0, 0.1) is 0 Å². The van der Waals surface area contributed by atoms with Crippen LogP contribution in [0.3, 0.4) is 0 Å². The zero-order chi connectivity index (χ0) is 50.4. The van der Waals surface area contributed by atoms with Gasteiger partial charge in [0.15, 0.2) is 11.6 Å². The molecule has 0 radical (unpaired) electrons. The zero-order valence-corrected chi connectivity index (χ0v) is 41.1. The second kappa shape index (κ2) is 19.0. The molecule has 14 rings (SSSR count). The molecule has 0 spiro atoms. The van der Waals surface area contributed by atoms with Crippen molar-refractivity contribution in [2.75, 3.05) is 0 Å². The van der Waals surface area contributed by atoms with E-state index in [1.165, 1.54) is 0 Å². The van der Waals surface area contributed by atoms with Gasteiger partial charge in [-0.25, -0.2) is 19.9 Å². The highest BCUT2D eigenvalue weighted by atomic mass is 14.9. The fourth-order valence-corrected chi connectivity index (χ4v) is 10.6. The van der Waals surface area contributed by atoms with E-state index in [2.05, 4.69) is 243 Å². The molecule has 0 amide bonds. The van der Waals surface area contributed by atoms with Crippen molar-refractivity contribution in [2.45, 2.75) is 0 Å². The van der Waals surface area contributed by atoms with E-state index in [9.17, 15) is 0 Å². The summed E-state index contributed by atoms with van der Waals surface area (Å²) in [6, 6.07) is 89.1. The molecule has 0 unspecified atom stereocenters. The highest BCUT2D eigenvalue weighted by molar-refractivity contribution is 5.99. The lowest BCUT2D eigenvalue weighted by molar-refractivity contribution is 1.18. The monoisotopic (exact) mass is 968 g/mol. The SMILES string of the molecule is c1ccc2c(-c3cc(-c4ccc(-c5cccc6cccnc56)cc4)nc(-c4ccc(-c5ccc(-c6nc(-c7ccc(-c8cccc9cccnc89)cc7)cc(-c7cccc8ccccc78)n6)cc5)cc4)n3)cccc2c1. The van der Waals surface area contributed by atoms with Gasteiger partial charge >= 0.3 is 0 Å². The van der Waals surface area contributed by atoms with E-state index < -0.39 is 0 Å². The number of fused-ring (bicyclic) bond motifs is 4. The molecule has 0 aliphatic rings. The molecule has 0 bridgehead atoms. The molecule has 0 fully saturated rings. The van der Waals surface area contributed by atoms with Crippen LogP contribution in [0.1, 0.15) is 0 Å². The molecule has 0 saturated carbocycles.